The third kappa shape index (κ3) is 4.78. The molecular formula is C15H16O3. The smallest absolute Gasteiger partial charge is 0.330 e. The Labute approximate surface area is 107 Å². The van der Waals surface area contributed by atoms with Crippen molar-refractivity contribution >= 4 is 11.8 Å². The molecule has 0 spiro atoms. The quantitative estimate of drug-likeness (QED) is 0.346. The van der Waals surface area contributed by atoms with E-state index in [1.54, 1.807) is 19.1 Å². The first-order valence-corrected chi connectivity index (χ1v) is 5.76. The molecule has 0 aliphatic rings. The third-order valence-corrected chi connectivity index (χ3v) is 2.21. The molecule has 3 heteroatoms. The van der Waals surface area contributed by atoms with Gasteiger partial charge in [-0.25, -0.2) is 4.79 Å². The number of ketones is 1. The van der Waals surface area contributed by atoms with E-state index in [2.05, 4.69) is 0 Å². The maximum atomic E-state index is 11.7. The average Bonchev–Trinajstić information content (AvgIpc) is 2.35. The summed E-state index contributed by atoms with van der Waals surface area (Å²) in [6, 6.07) is 7.32. The summed E-state index contributed by atoms with van der Waals surface area (Å²) in [5.74, 6) is -0.506. The molecule has 0 fully saturated rings. The van der Waals surface area contributed by atoms with Gasteiger partial charge in [0.25, 0.3) is 0 Å². The average molecular weight is 244 g/mol. The Morgan fingerprint density at radius 2 is 1.72 bits per heavy atom. The van der Waals surface area contributed by atoms with Crippen molar-refractivity contribution < 1.29 is 14.3 Å². The summed E-state index contributed by atoms with van der Waals surface area (Å²) in [6.45, 7) is 4.05. The number of aryl methyl sites for hydroxylation is 1. The van der Waals surface area contributed by atoms with Gasteiger partial charge in [-0.1, -0.05) is 42.0 Å². The number of ether oxygens (including phenoxy) is 1. The molecule has 0 radical (unpaired) electrons. The predicted molar refractivity (Wildman–Crippen MR) is 70.4 cm³/mol. The van der Waals surface area contributed by atoms with Gasteiger partial charge in [0.15, 0.2) is 5.78 Å². The van der Waals surface area contributed by atoms with Gasteiger partial charge in [0.05, 0.1) is 6.61 Å². The highest BCUT2D eigenvalue weighted by Gasteiger charge is 1.99. The number of esters is 1. The van der Waals surface area contributed by atoms with Crippen molar-refractivity contribution in [3.63, 3.8) is 0 Å². The Balaban J connectivity index is 2.54. The van der Waals surface area contributed by atoms with Gasteiger partial charge in [-0.3, -0.25) is 4.79 Å². The van der Waals surface area contributed by atoms with Crippen LogP contribution < -0.4 is 0 Å². The van der Waals surface area contributed by atoms with Crippen LogP contribution in [-0.4, -0.2) is 18.4 Å². The van der Waals surface area contributed by atoms with Gasteiger partial charge in [0, 0.05) is 11.6 Å². The van der Waals surface area contributed by atoms with Crippen molar-refractivity contribution in [1.29, 1.82) is 0 Å². The van der Waals surface area contributed by atoms with Crippen molar-refractivity contribution in [3.8, 4) is 0 Å². The van der Waals surface area contributed by atoms with E-state index < -0.39 is 5.97 Å². The summed E-state index contributed by atoms with van der Waals surface area (Å²) < 4.78 is 4.70. The van der Waals surface area contributed by atoms with Gasteiger partial charge in [0.1, 0.15) is 0 Å². The largest absolute Gasteiger partial charge is 0.463 e. The van der Waals surface area contributed by atoms with Crippen molar-refractivity contribution in [2.24, 2.45) is 0 Å². The molecule has 0 aliphatic carbocycles. The van der Waals surface area contributed by atoms with Gasteiger partial charge in [0.2, 0.25) is 0 Å². The molecule has 0 atom stereocenters. The molecule has 0 aliphatic heterocycles. The molecule has 18 heavy (non-hydrogen) atoms. The number of hydrogen-bond donors (Lipinski definition) is 0. The molecule has 0 unspecified atom stereocenters. The van der Waals surface area contributed by atoms with Gasteiger partial charge in [-0.05, 0) is 19.9 Å². The number of rotatable bonds is 5. The lowest BCUT2D eigenvalue weighted by Gasteiger charge is -1.95. The van der Waals surface area contributed by atoms with Crippen LogP contribution >= 0.6 is 0 Å². The second-order valence-corrected chi connectivity index (χ2v) is 3.70. The molecule has 0 aromatic heterocycles. The second-order valence-electron chi connectivity index (χ2n) is 3.70. The highest BCUT2D eigenvalue weighted by Crippen LogP contribution is 2.04. The highest BCUT2D eigenvalue weighted by atomic mass is 16.5. The SMILES string of the molecule is CCOC(=O)/C=C/C=C/C(=O)c1ccc(C)cc1. The monoisotopic (exact) mass is 244 g/mol. The Hall–Kier alpha value is -2.16. The van der Waals surface area contributed by atoms with Crippen LogP contribution in [0.4, 0.5) is 0 Å². The normalized spacial score (nSPS) is 11.0. The fourth-order valence-corrected chi connectivity index (χ4v) is 1.28. The number of carbonyl (C=O) groups excluding carboxylic acids is 2. The van der Waals surface area contributed by atoms with E-state index >= 15 is 0 Å². The molecular weight excluding hydrogens is 228 g/mol. The van der Waals surface area contributed by atoms with Gasteiger partial charge < -0.3 is 4.74 Å². The molecule has 1 rings (SSSR count). The van der Waals surface area contributed by atoms with Crippen LogP contribution in [-0.2, 0) is 9.53 Å². The number of hydrogen-bond acceptors (Lipinski definition) is 3. The zero-order valence-corrected chi connectivity index (χ0v) is 10.6. The fraction of sp³-hybridized carbons (Fsp3) is 0.200. The van der Waals surface area contributed by atoms with E-state index in [0.717, 1.165) is 5.56 Å². The Morgan fingerprint density at radius 3 is 2.33 bits per heavy atom. The van der Waals surface area contributed by atoms with E-state index in [-0.39, 0.29) is 5.78 Å². The molecule has 1 aromatic rings. The maximum Gasteiger partial charge on any atom is 0.330 e. The molecule has 0 saturated carbocycles. The molecule has 0 bridgehead atoms. The predicted octanol–water partition coefficient (Wildman–Crippen LogP) is 2.85. The summed E-state index contributed by atoms with van der Waals surface area (Å²) in [4.78, 5) is 22.7. The number of benzene rings is 1. The minimum atomic E-state index is -0.412. The van der Waals surface area contributed by atoms with Crippen LogP contribution in [0.2, 0.25) is 0 Å². The molecule has 94 valence electrons. The van der Waals surface area contributed by atoms with E-state index in [1.165, 1.54) is 24.3 Å². The van der Waals surface area contributed by atoms with Crippen molar-refractivity contribution in [2.45, 2.75) is 13.8 Å². The van der Waals surface area contributed by atoms with Gasteiger partial charge in [-0.15, -0.1) is 0 Å². The molecule has 1 aromatic carbocycles. The van der Waals surface area contributed by atoms with Crippen molar-refractivity contribution in [1.82, 2.24) is 0 Å². The summed E-state index contributed by atoms with van der Waals surface area (Å²) in [6.07, 6.45) is 5.71. The zero-order valence-electron chi connectivity index (χ0n) is 10.6. The molecule has 0 amide bonds. The molecule has 0 saturated heterocycles. The lowest BCUT2D eigenvalue weighted by molar-refractivity contribution is -0.137. The molecule has 0 N–H and O–H groups in total. The van der Waals surface area contributed by atoms with Crippen LogP contribution in [0.3, 0.4) is 0 Å². The number of carbonyl (C=O) groups is 2. The van der Waals surface area contributed by atoms with Crippen LogP contribution in [0.1, 0.15) is 22.8 Å². The van der Waals surface area contributed by atoms with E-state index in [9.17, 15) is 9.59 Å². The van der Waals surface area contributed by atoms with Crippen LogP contribution in [0.15, 0.2) is 48.6 Å². The van der Waals surface area contributed by atoms with Crippen LogP contribution in [0.5, 0.6) is 0 Å². The molecule has 3 nitrogen and oxygen atoms in total. The fourth-order valence-electron chi connectivity index (χ4n) is 1.28. The first-order valence-electron chi connectivity index (χ1n) is 5.76. The second kappa shape index (κ2) is 7.22. The minimum Gasteiger partial charge on any atom is -0.463 e. The Morgan fingerprint density at radius 1 is 1.11 bits per heavy atom. The molecule has 0 heterocycles. The van der Waals surface area contributed by atoms with E-state index in [4.69, 9.17) is 4.74 Å². The van der Waals surface area contributed by atoms with E-state index in [1.807, 2.05) is 19.1 Å². The Bertz CT molecular complexity index is 467. The minimum absolute atomic E-state index is 0.0940. The van der Waals surface area contributed by atoms with Gasteiger partial charge in [-0.2, -0.15) is 0 Å². The summed E-state index contributed by atoms with van der Waals surface area (Å²) in [5, 5.41) is 0. The van der Waals surface area contributed by atoms with Gasteiger partial charge >= 0.3 is 5.97 Å². The summed E-state index contributed by atoms with van der Waals surface area (Å²) in [7, 11) is 0. The van der Waals surface area contributed by atoms with Crippen molar-refractivity contribution in [2.75, 3.05) is 6.61 Å². The summed E-state index contributed by atoms with van der Waals surface area (Å²) in [5.41, 5.74) is 1.74. The summed E-state index contributed by atoms with van der Waals surface area (Å²) >= 11 is 0. The lowest BCUT2D eigenvalue weighted by atomic mass is 10.1. The van der Waals surface area contributed by atoms with Crippen molar-refractivity contribution in [3.05, 3.63) is 59.7 Å². The lowest BCUT2D eigenvalue weighted by Crippen LogP contribution is -1.98. The number of allylic oxidation sites excluding steroid dienone is 3. The maximum absolute atomic E-state index is 11.7. The first kappa shape index (κ1) is 13.9. The standard InChI is InChI=1S/C15H16O3/c1-3-18-15(17)7-5-4-6-14(16)13-10-8-12(2)9-11-13/h4-11H,3H2,1-2H3/b6-4+,7-5+. The zero-order chi connectivity index (χ0) is 13.4. The Kier molecular flexibility index (Phi) is 5.58. The first-order chi connectivity index (χ1) is 8.63. The van der Waals surface area contributed by atoms with E-state index in [0.29, 0.717) is 12.2 Å². The third-order valence-electron chi connectivity index (χ3n) is 2.21. The topological polar surface area (TPSA) is 43.4 Å². The van der Waals surface area contributed by atoms with Crippen LogP contribution in [0, 0.1) is 6.92 Å². The highest BCUT2D eigenvalue weighted by molar-refractivity contribution is 6.04. The van der Waals surface area contributed by atoms with Crippen LogP contribution in [0.25, 0.3) is 0 Å².